The number of rotatable bonds is 3. The molecule has 1 fully saturated rings. The molecule has 2 aromatic rings. The van der Waals surface area contributed by atoms with Crippen LogP contribution in [-0.4, -0.2) is 44.3 Å². The van der Waals surface area contributed by atoms with Crippen molar-refractivity contribution < 1.29 is 14.7 Å². The maximum absolute atomic E-state index is 12.6. The molecule has 1 aliphatic heterocycles. The summed E-state index contributed by atoms with van der Waals surface area (Å²) in [5.74, 6) is -1.22. The molecule has 0 radical (unpaired) electrons. The van der Waals surface area contributed by atoms with Gasteiger partial charge in [0.1, 0.15) is 11.7 Å². The van der Waals surface area contributed by atoms with Gasteiger partial charge < -0.3 is 10.0 Å². The smallest absolute Gasteiger partial charge is 0.326 e. The molecule has 1 amide bonds. The van der Waals surface area contributed by atoms with Crippen molar-refractivity contribution in [3.05, 3.63) is 42.1 Å². The van der Waals surface area contributed by atoms with E-state index in [0.29, 0.717) is 30.8 Å². The number of hydrogen-bond acceptors (Lipinski definition) is 3. The molecule has 1 atom stereocenters. The largest absolute Gasteiger partial charge is 0.480 e. The first-order valence-electron chi connectivity index (χ1n) is 7.21. The molecular weight excluding hydrogens is 282 g/mol. The molecule has 2 heterocycles. The number of nitrogens with zero attached hydrogens (tertiary/aromatic N) is 3. The molecule has 0 saturated carbocycles. The van der Waals surface area contributed by atoms with Crippen LogP contribution in [0, 0.1) is 0 Å². The SMILES string of the molecule is Cn1nc(-c2ccccc2)cc1C(=O)N1CCC[C@@H]1C(=O)O. The fraction of sp³-hybridized carbons (Fsp3) is 0.312. The summed E-state index contributed by atoms with van der Waals surface area (Å²) in [5.41, 5.74) is 2.04. The van der Waals surface area contributed by atoms with E-state index in [2.05, 4.69) is 5.10 Å². The maximum atomic E-state index is 12.6. The van der Waals surface area contributed by atoms with Crippen LogP contribution in [0.25, 0.3) is 11.3 Å². The molecule has 0 aliphatic carbocycles. The Morgan fingerprint density at radius 2 is 2.00 bits per heavy atom. The quantitative estimate of drug-likeness (QED) is 0.937. The standard InChI is InChI=1S/C16H17N3O3/c1-18-14(10-12(17-18)11-6-3-2-4-7-11)15(20)19-9-5-8-13(19)16(21)22/h2-4,6-7,10,13H,5,8-9H2,1H3,(H,21,22)/t13-/m1/s1. The van der Waals surface area contributed by atoms with Gasteiger partial charge in [-0.1, -0.05) is 30.3 Å². The Bertz CT molecular complexity index is 709. The Hall–Kier alpha value is -2.63. The number of likely N-dealkylation sites (tertiary alicyclic amines) is 1. The zero-order valence-electron chi connectivity index (χ0n) is 12.3. The van der Waals surface area contributed by atoms with Crippen LogP contribution in [0.2, 0.25) is 0 Å². The monoisotopic (exact) mass is 299 g/mol. The first kappa shape index (κ1) is 14.3. The van der Waals surface area contributed by atoms with Crippen LogP contribution in [-0.2, 0) is 11.8 Å². The van der Waals surface area contributed by atoms with Crippen LogP contribution >= 0.6 is 0 Å². The summed E-state index contributed by atoms with van der Waals surface area (Å²) in [6.07, 6.45) is 1.22. The van der Waals surface area contributed by atoms with Gasteiger partial charge in [0, 0.05) is 19.2 Å². The molecule has 22 heavy (non-hydrogen) atoms. The maximum Gasteiger partial charge on any atom is 0.326 e. The summed E-state index contributed by atoms with van der Waals surface area (Å²) in [5, 5.41) is 13.6. The van der Waals surface area contributed by atoms with E-state index in [-0.39, 0.29) is 5.91 Å². The number of aryl methyl sites for hydroxylation is 1. The average molecular weight is 299 g/mol. The average Bonchev–Trinajstić information content (AvgIpc) is 3.14. The number of aromatic nitrogens is 2. The number of amides is 1. The number of carbonyl (C=O) groups excluding carboxylic acids is 1. The zero-order chi connectivity index (χ0) is 15.7. The molecule has 1 aromatic carbocycles. The van der Waals surface area contributed by atoms with Gasteiger partial charge in [-0.15, -0.1) is 0 Å². The van der Waals surface area contributed by atoms with Gasteiger partial charge in [0.05, 0.1) is 5.69 Å². The van der Waals surface area contributed by atoms with E-state index >= 15 is 0 Å². The van der Waals surface area contributed by atoms with E-state index in [1.807, 2.05) is 30.3 Å². The van der Waals surface area contributed by atoms with Gasteiger partial charge in [0.2, 0.25) is 0 Å². The molecule has 0 bridgehead atoms. The van der Waals surface area contributed by atoms with Gasteiger partial charge in [-0.25, -0.2) is 4.79 Å². The normalized spacial score (nSPS) is 17.7. The van der Waals surface area contributed by atoms with Gasteiger partial charge >= 0.3 is 5.97 Å². The minimum atomic E-state index is -0.948. The molecule has 1 N–H and O–H groups in total. The predicted molar refractivity (Wildman–Crippen MR) is 80.3 cm³/mol. The fourth-order valence-corrected chi connectivity index (χ4v) is 2.83. The highest BCUT2D eigenvalue weighted by Gasteiger charge is 2.35. The van der Waals surface area contributed by atoms with Crippen LogP contribution in [0.1, 0.15) is 23.3 Å². The molecule has 3 rings (SSSR count). The Morgan fingerprint density at radius 1 is 1.27 bits per heavy atom. The van der Waals surface area contributed by atoms with E-state index in [1.165, 1.54) is 9.58 Å². The van der Waals surface area contributed by atoms with Crippen LogP contribution < -0.4 is 0 Å². The van der Waals surface area contributed by atoms with Crippen LogP contribution in [0.4, 0.5) is 0 Å². The molecule has 114 valence electrons. The minimum absolute atomic E-state index is 0.276. The molecule has 0 unspecified atom stereocenters. The number of carboxylic acid groups (broad SMARTS) is 1. The number of benzene rings is 1. The van der Waals surface area contributed by atoms with Crippen molar-refractivity contribution in [3.63, 3.8) is 0 Å². The lowest BCUT2D eigenvalue weighted by Gasteiger charge is -2.21. The third-order valence-corrected chi connectivity index (χ3v) is 3.97. The van der Waals surface area contributed by atoms with Crippen LogP contribution in [0.3, 0.4) is 0 Å². The molecule has 0 spiro atoms. The van der Waals surface area contributed by atoms with Crippen molar-refractivity contribution in [3.8, 4) is 11.3 Å². The lowest BCUT2D eigenvalue weighted by atomic mass is 10.1. The molecular formula is C16H17N3O3. The molecule has 1 saturated heterocycles. The molecule has 1 aromatic heterocycles. The Balaban J connectivity index is 1.91. The van der Waals surface area contributed by atoms with Gasteiger partial charge in [0.15, 0.2) is 0 Å². The van der Waals surface area contributed by atoms with Gasteiger partial charge in [0.25, 0.3) is 5.91 Å². The Morgan fingerprint density at radius 3 is 2.68 bits per heavy atom. The second-order valence-electron chi connectivity index (χ2n) is 5.40. The van der Waals surface area contributed by atoms with Crippen molar-refractivity contribution >= 4 is 11.9 Å². The molecule has 6 heteroatoms. The van der Waals surface area contributed by atoms with Gasteiger partial charge in [-0.3, -0.25) is 9.48 Å². The first-order valence-corrected chi connectivity index (χ1v) is 7.21. The van der Waals surface area contributed by atoms with E-state index in [4.69, 9.17) is 0 Å². The molecule has 6 nitrogen and oxygen atoms in total. The highest BCUT2D eigenvalue weighted by atomic mass is 16.4. The van der Waals surface area contributed by atoms with E-state index < -0.39 is 12.0 Å². The zero-order valence-corrected chi connectivity index (χ0v) is 12.3. The summed E-state index contributed by atoms with van der Waals surface area (Å²) < 4.78 is 1.52. The Kier molecular flexibility index (Phi) is 3.66. The Labute approximate surface area is 128 Å². The van der Waals surface area contributed by atoms with Crippen molar-refractivity contribution in [2.24, 2.45) is 7.05 Å². The van der Waals surface area contributed by atoms with Crippen molar-refractivity contribution in [1.29, 1.82) is 0 Å². The molecule has 1 aliphatic rings. The summed E-state index contributed by atoms with van der Waals surface area (Å²) in [4.78, 5) is 25.3. The first-order chi connectivity index (χ1) is 10.6. The number of carbonyl (C=O) groups is 2. The second-order valence-corrected chi connectivity index (χ2v) is 5.40. The summed E-state index contributed by atoms with van der Waals surface area (Å²) in [6, 6.07) is 10.6. The minimum Gasteiger partial charge on any atom is -0.480 e. The van der Waals surface area contributed by atoms with E-state index in [1.54, 1.807) is 13.1 Å². The van der Waals surface area contributed by atoms with Crippen molar-refractivity contribution in [2.75, 3.05) is 6.54 Å². The van der Waals surface area contributed by atoms with Gasteiger partial charge in [-0.2, -0.15) is 5.10 Å². The van der Waals surface area contributed by atoms with Crippen LogP contribution in [0.15, 0.2) is 36.4 Å². The predicted octanol–water partition coefficient (Wildman–Crippen LogP) is 1.78. The fourth-order valence-electron chi connectivity index (χ4n) is 2.83. The second kappa shape index (κ2) is 5.63. The third-order valence-electron chi connectivity index (χ3n) is 3.97. The highest BCUT2D eigenvalue weighted by Crippen LogP contribution is 2.23. The topological polar surface area (TPSA) is 75.4 Å². The summed E-state index contributed by atoms with van der Waals surface area (Å²) in [6.45, 7) is 0.474. The number of aliphatic carboxylic acids is 1. The highest BCUT2D eigenvalue weighted by molar-refractivity contribution is 5.96. The van der Waals surface area contributed by atoms with Crippen LogP contribution in [0.5, 0.6) is 0 Å². The summed E-state index contributed by atoms with van der Waals surface area (Å²) >= 11 is 0. The summed E-state index contributed by atoms with van der Waals surface area (Å²) in [7, 11) is 1.70. The van der Waals surface area contributed by atoms with Gasteiger partial charge in [-0.05, 0) is 18.9 Å². The lowest BCUT2D eigenvalue weighted by Crippen LogP contribution is -2.41. The van der Waals surface area contributed by atoms with E-state index in [9.17, 15) is 14.7 Å². The number of carboxylic acids is 1. The lowest BCUT2D eigenvalue weighted by molar-refractivity contribution is -0.141. The van der Waals surface area contributed by atoms with E-state index in [0.717, 1.165) is 5.56 Å². The third kappa shape index (κ3) is 2.47. The number of hydrogen-bond donors (Lipinski definition) is 1. The van der Waals surface area contributed by atoms with Crippen molar-refractivity contribution in [2.45, 2.75) is 18.9 Å². The van der Waals surface area contributed by atoms with Crippen molar-refractivity contribution in [1.82, 2.24) is 14.7 Å².